The number of nitro groups is 1. The topological polar surface area (TPSA) is 65.3 Å². The predicted molar refractivity (Wildman–Crippen MR) is 74.9 cm³/mol. The minimum Gasteiger partial charge on any atom is -0.436 e. The van der Waals surface area contributed by atoms with E-state index in [9.17, 15) is 10.1 Å². The Balaban J connectivity index is 2.40. The van der Waals surface area contributed by atoms with Gasteiger partial charge >= 0.3 is 0 Å². The van der Waals surface area contributed by atoms with Gasteiger partial charge < -0.3 is 4.74 Å². The number of rotatable bonds is 3. The smallest absolute Gasteiger partial charge is 0.273 e. The molecule has 98 valence electrons. The van der Waals surface area contributed by atoms with Crippen molar-refractivity contribution in [1.82, 2.24) is 4.98 Å². The average Bonchev–Trinajstić information content (AvgIpc) is 2.37. The van der Waals surface area contributed by atoms with Crippen LogP contribution in [0.3, 0.4) is 0 Å². The van der Waals surface area contributed by atoms with Crippen LogP contribution in [-0.4, -0.2) is 9.91 Å². The van der Waals surface area contributed by atoms with E-state index in [1.54, 1.807) is 6.20 Å². The minimum absolute atomic E-state index is 0.0943. The molecule has 1 heterocycles. The van der Waals surface area contributed by atoms with Gasteiger partial charge in [0.15, 0.2) is 5.75 Å². The van der Waals surface area contributed by atoms with Crippen LogP contribution in [0.2, 0.25) is 5.02 Å². The molecule has 0 atom stereocenters. The summed E-state index contributed by atoms with van der Waals surface area (Å²) in [5.74, 6) is 0.497. The maximum Gasteiger partial charge on any atom is 0.273 e. The van der Waals surface area contributed by atoms with Crippen LogP contribution in [0.1, 0.15) is 5.56 Å². The number of nitro benzene ring substituents is 1. The number of pyridine rings is 1. The Bertz CT molecular complexity index is 649. The quantitative estimate of drug-likeness (QED) is 0.607. The van der Waals surface area contributed by atoms with Crippen LogP contribution in [0.15, 0.2) is 34.9 Å². The van der Waals surface area contributed by atoms with E-state index in [0.717, 1.165) is 5.56 Å². The molecular formula is C12H8BrClN2O3. The summed E-state index contributed by atoms with van der Waals surface area (Å²) in [7, 11) is 0. The van der Waals surface area contributed by atoms with Crippen molar-refractivity contribution in [2.24, 2.45) is 0 Å². The molecule has 0 bridgehead atoms. The van der Waals surface area contributed by atoms with E-state index in [4.69, 9.17) is 16.3 Å². The van der Waals surface area contributed by atoms with Crippen LogP contribution in [-0.2, 0) is 0 Å². The van der Waals surface area contributed by atoms with Crippen molar-refractivity contribution >= 4 is 33.2 Å². The third kappa shape index (κ3) is 3.02. The van der Waals surface area contributed by atoms with E-state index in [0.29, 0.717) is 10.4 Å². The molecule has 2 aromatic rings. The summed E-state index contributed by atoms with van der Waals surface area (Å²) in [5.41, 5.74) is 0.842. The summed E-state index contributed by atoms with van der Waals surface area (Å²) < 4.78 is 6.20. The Hall–Kier alpha value is -1.66. The molecule has 2 rings (SSSR count). The van der Waals surface area contributed by atoms with Crippen molar-refractivity contribution in [2.45, 2.75) is 6.92 Å². The van der Waals surface area contributed by atoms with E-state index in [1.165, 1.54) is 18.2 Å². The van der Waals surface area contributed by atoms with E-state index in [1.807, 2.05) is 13.0 Å². The second-order valence-corrected chi connectivity index (χ2v) is 4.92. The normalized spacial score (nSPS) is 10.3. The Morgan fingerprint density at radius 1 is 1.42 bits per heavy atom. The number of non-ortho nitro benzene ring substituents is 1. The van der Waals surface area contributed by atoms with Crippen molar-refractivity contribution in [3.8, 4) is 11.6 Å². The zero-order chi connectivity index (χ0) is 14.0. The number of aromatic nitrogens is 1. The van der Waals surface area contributed by atoms with Crippen molar-refractivity contribution in [3.05, 3.63) is 55.6 Å². The highest BCUT2D eigenvalue weighted by molar-refractivity contribution is 9.10. The molecule has 0 fully saturated rings. The van der Waals surface area contributed by atoms with Gasteiger partial charge in [0.05, 0.1) is 20.5 Å². The number of aryl methyl sites for hydroxylation is 1. The van der Waals surface area contributed by atoms with Gasteiger partial charge in [-0.05, 0) is 40.5 Å². The third-order valence-electron chi connectivity index (χ3n) is 2.38. The molecule has 5 nitrogen and oxygen atoms in total. The van der Waals surface area contributed by atoms with Gasteiger partial charge in [-0.25, -0.2) is 4.98 Å². The van der Waals surface area contributed by atoms with Crippen molar-refractivity contribution in [1.29, 1.82) is 0 Å². The Labute approximate surface area is 122 Å². The molecular weight excluding hydrogens is 335 g/mol. The number of hydrogen-bond donors (Lipinski definition) is 0. The van der Waals surface area contributed by atoms with Crippen LogP contribution >= 0.6 is 27.5 Å². The number of nitrogens with zero attached hydrogens (tertiary/aromatic N) is 2. The van der Waals surface area contributed by atoms with Crippen molar-refractivity contribution < 1.29 is 9.66 Å². The van der Waals surface area contributed by atoms with E-state index in [2.05, 4.69) is 20.9 Å². The van der Waals surface area contributed by atoms with Gasteiger partial charge in [0.2, 0.25) is 5.88 Å². The Kier molecular flexibility index (Phi) is 4.01. The van der Waals surface area contributed by atoms with Crippen molar-refractivity contribution in [3.63, 3.8) is 0 Å². The van der Waals surface area contributed by atoms with Gasteiger partial charge in [0.1, 0.15) is 0 Å². The SMILES string of the molecule is Cc1ccnc(Oc2cc([N+](=O)[O-])ccc2Cl)c1Br. The molecule has 0 aliphatic rings. The lowest BCUT2D eigenvalue weighted by molar-refractivity contribution is -0.384. The molecule has 7 heteroatoms. The summed E-state index contributed by atoms with van der Waals surface area (Å²) in [6.07, 6.45) is 1.58. The summed E-state index contributed by atoms with van der Waals surface area (Å²) in [5, 5.41) is 11.0. The molecule has 19 heavy (non-hydrogen) atoms. The zero-order valence-electron chi connectivity index (χ0n) is 9.76. The first-order valence-corrected chi connectivity index (χ1v) is 6.39. The fourth-order valence-electron chi connectivity index (χ4n) is 1.37. The molecule has 0 amide bonds. The molecule has 1 aromatic carbocycles. The predicted octanol–water partition coefficient (Wildman–Crippen LogP) is 4.51. The van der Waals surface area contributed by atoms with Gasteiger partial charge in [-0.15, -0.1) is 0 Å². The fraction of sp³-hybridized carbons (Fsp3) is 0.0833. The molecule has 0 saturated heterocycles. The molecule has 1 aromatic heterocycles. The van der Waals surface area contributed by atoms with Crippen LogP contribution in [0.25, 0.3) is 0 Å². The lowest BCUT2D eigenvalue weighted by Gasteiger charge is -2.09. The van der Waals surface area contributed by atoms with Gasteiger partial charge in [0, 0.05) is 12.3 Å². The zero-order valence-corrected chi connectivity index (χ0v) is 12.1. The molecule has 0 N–H and O–H groups in total. The maximum atomic E-state index is 10.7. The van der Waals surface area contributed by atoms with E-state index in [-0.39, 0.29) is 16.5 Å². The number of halogens is 2. The van der Waals surface area contributed by atoms with Crippen molar-refractivity contribution in [2.75, 3.05) is 0 Å². The number of benzene rings is 1. The molecule has 0 unspecified atom stereocenters. The van der Waals surface area contributed by atoms with Gasteiger partial charge in [-0.2, -0.15) is 0 Å². The third-order valence-corrected chi connectivity index (χ3v) is 3.66. The Morgan fingerprint density at radius 2 is 2.16 bits per heavy atom. The minimum atomic E-state index is -0.512. The average molecular weight is 344 g/mol. The molecule has 0 aliphatic heterocycles. The number of ether oxygens (including phenoxy) is 1. The molecule has 0 saturated carbocycles. The van der Waals surface area contributed by atoms with Crippen LogP contribution < -0.4 is 4.74 Å². The fourth-order valence-corrected chi connectivity index (χ4v) is 1.85. The summed E-state index contributed by atoms with van der Waals surface area (Å²) in [6, 6.07) is 5.80. The van der Waals surface area contributed by atoms with Crippen LogP contribution in [0.4, 0.5) is 5.69 Å². The van der Waals surface area contributed by atoms with E-state index < -0.39 is 4.92 Å². The highest BCUT2D eigenvalue weighted by Gasteiger charge is 2.14. The van der Waals surface area contributed by atoms with Gasteiger partial charge in [0.25, 0.3) is 5.69 Å². The molecule has 0 radical (unpaired) electrons. The monoisotopic (exact) mass is 342 g/mol. The molecule has 0 spiro atoms. The molecule has 0 aliphatic carbocycles. The summed E-state index contributed by atoms with van der Waals surface area (Å²) in [4.78, 5) is 14.3. The number of hydrogen-bond acceptors (Lipinski definition) is 4. The lowest BCUT2D eigenvalue weighted by Crippen LogP contribution is -1.93. The van der Waals surface area contributed by atoms with Crippen LogP contribution in [0, 0.1) is 17.0 Å². The first-order chi connectivity index (χ1) is 8.99. The van der Waals surface area contributed by atoms with E-state index >= 15 is 0 Å². The second kappa shape index (κ2) is 5.54. The summed E-state index contributed by atoms with van der Waals surface area (Å²) in [6.45, 7) is 1.88. The van der Waals surface area contributed by atoms with Gasteiger partial charge in [-0.3, -0.25) is 10.1 Å². The highest BCUT2D eigenvalue weighted by Crippen LogP contribution is 2.35. The van der Waals surface area contributed by atoms with Gasteiger partial charge in [-0.1, -0.05) is 11.6 Å². The first-order valence-electron chi connectivity index (χ1n) is 5.22. The Morgan fingerprint density at radius 3 is 2.84 bits per heavy atom. The lowest BCUT2D eigenvalue weighted by atomic mass is 10.3. The first kappa shape index (κ1) is 13.8. The largest absolute Gasteiger partial charge is 0.436 e. The standard InChI is InChI=1S/C12H8BrClN2O3/c1-7-4-5-15-12(11(7)13)19-10-6-8(16(17)18)2-3-9(10)14/h2-6H,1H3. The maximum absolute atomic E-state index is 10.7. The highest BCUT2D eigenvalue weighted by atomic mass is 79.9. The second-order valence-electron chi connectivity index (χ2n) is 3.72. The summed E-state index contributed by atoms with van der Waals surface area (Å²) >= 11 is 9.30. The van der Waals surface area contributed by atoms with Crippen LogP contribution in [0.5, 0.6) is 11.6 Å².